The third-order valence-corrected chi connectivity index (χ3v) is 6.08. The molecule has 0 saturated carbocycles. The molecule has 1 aliphatic rings. The second-order valence-electron chi connectivity index (χ2n) is 6.27. The van der Waals surface area contributed by atoms with Crippen LogP contribution < -0.4 is 10.2 Å². The van der Waals surface area contributed by atoms with Crippen LogP contribution in [0, 0.1) is 6.92 Å². The predicted octanol–water partition coefficient (Wildman–Crippen LogP) is 4.70. The Morgan fingerprint density at radius 3 is 2.84 bits per heavy atom. The summed E-state index contributed by atoms with van der Waals surface area (Å²) in [5.41, 5.74) is 3.21. The van der Waals surface area contributed by atoms with E-state index in [1.807, 2.05) is 25.1 Å². The lowest BCUT2D eigenvalue weighted by Gasteiger charge is -2.30. The minimum Gasteiger partial charge on any atom is -0.370 e. The van der Waals surface area contributed by atoms with E-state index in [0.29, 0.717) is 6.42 Å². The summed E-state index contributed by atoms with van der Waals surface area (Å²) < 4.78 is 0. The average Bonchev–Trinajstić information content (AvgIpc) is 3.05. The molecule has 134 valence electrons. The Balaban J connectivity index is 1.47. The first-order valence-electron chi connectivity index (χ1n) is 8.85. The minimum absolute atomic E-state index is 0.0893. The van der Waals surface area contributed by atoms with E-state index in [2.05, 4.69) is 26.6 Å². The molecule has 1 aromatic heterocycles. The molecule has 0 aliphatic carbocycles. The zero-order valence-electron chi connectivity index (χ0n) is 14.7. The summed E-state index contributed by atoms with van der Waals surface area (Å²) in [6.07, 6.45) is 4.30. The molecule has 1 aliphatic heterocycles. The molecule has 1 saturated heterocycles. The highest BCUT2D eigenvalue weighted by Crippen LogP contribution is 2.28. The molecule has 0 radical (unpaired) electrons. The van der Waals surface area contributed by atoms with Crippen molar-refractivity contribution in [2.24, 2.45) is 0 Å². The van der Waals surface area contributed by atoms with E-state index >= 15 is 0 Å². The lowest BCUT2D eigenvalue weighted by molar-refractivity contribution is -0.115. The fraction of sp³-hybridized carbons (Fsp3) is 0.474. The number of piperidine rings is 1. The lowest BCUT2D eigenvalue weighted by Crippen LogP contribution is -2.30. The smallest absolute Gasteiger partial charge is 0.225 e. The van der Waals surface area contributed by atoms with Gasteiger partial charge in [-0.1, -0.05) is 12.1 Å². The number of para-hydroxylation sites is 2. The molecule has 0 atom stereocenters. The highest BCUT2D eigenvalue weighted by atomic mass is 32.2. The van der Waals surface area contributed by atoms with Crippen LogP contribution in [0.3, 0.4) is 0 Å². The van der Waals surface area contributed by atoms with Crippen molar-refractivity contribution >= 4 is 40.4 Å². The summed E-state index contributed by atoms with van der Waals surface area (Å²) in [6, 6.07) is 8.15. The molecule has 4 nitrogen and oxygen atoms in total. The Bertz CT molecular complexity index is 695. The monoisotopic (exact) mass is 375 g/mol. The Morgan fingerprint density at radius 1 is 1.28 bits per heavy atom. The van der Waals surface area contributed by atoms with Gasteiger partial charge in [-0.2, -0.15) is 11.8 Å². The maximum atomic E-state index is 12.3. The fourth-order valence-corrected chi connectivity index (χ4v) is 4.57. The van der Waals surface area contributed by atoms with E-state index in [1.165, 1.54) is 19.3 Å². The SMILES string of the molecule is Cc1nc(CSCCC(=O)Nc2ccccc2N2CCCCC2)cs1. The van der Waals surface area contributed by atoms with E-state index in [4.69, 9.17) is 0 Å². The van der Waals surface area contributed by atoms with Crippen LogP contribution in [-0.2, 0) is 10.5 Å². The first-order valence-corrected chi connectivity index (χ1v) is 10.9. The number of carbonyl (C=O) groups is 1. The number of thioether (sulfide) groups is 1. The summed E-state index contributed by atoms with van der Waals surface area (Å²) in [4.78, 5) is 19.1. The molecule has 0 unspecified atom stereocenters. The number of aryl methyl sites for hydroxylation is 1. The van der Waals surface area contributed by atoms with Gasteiger partial charge in [0.1, 0.15) is 0 Å². The molecule has 6 heteroatoms. The van der Waals surface area contributed by atoms with Gasteiger partial charge in [-0.3, -0.25) is 4.79 Å². The van der Waals surface area contributed by atoms with Crippen molar-refractivity contribution in [3.63, 3.8) is 0 Å². The summed E-state index contributed by atoms with van der Waals surface area (Å²) in [6.45, 7) is 4.18. The standard InChI is InChI=1S/C19H25N3OS2/c1-15-20-16(14-25-15)13-24-12-9-19(23)21-17-7-3-4-8-18(17)22-10-5-2-6-11-22/h3-4,7-8,14H,2,5-6,9-13H2,1H3,(H,21,23). The maximum absolute atomic E-state index is 12.3. The highest BCUT2D eigenvalue weighted by molar-refractivity contribution is 7.98. The van der Waals surface area contributed by atoms with Gasteiger partial charge in [-0.15, -0.1) is 11.3 Å². The largest absolute Gasteiger partial charge is 0.370 e. The number of thiazole rings is 1. The molecular formula is C19H25N3OS2. The van der Waals surface area contributed by atoms with Gasteiger partial charge in [0.05, 0.1) is 22.1 Å². The van der Waals surface area contributed by atoms with Gasteiger partial charge < -0.3 is 10.2 Å². The molecular weight excluding hydrogens is 350 g/mol. The van der Waals surface area contributed by atoms with E-state index in [9.17, 15) is 4.79 Å². The van der Waals surface area contributed by atoms with E-state index in [-0.39, 0.29) is 5.91 Å². The normalized spacial score (nSPS) is 14.5. The first-order chi connectivity index (χ1) is 12.2. The van der Waals surface area contributed by atoms with Crippen molar-refractivity contribution in [3.8, 4) is 0 Å². The summed E-state index contributed by atoms with van der Waals surface area (Å²) >= 11 is 3.44. The van der Waals surface area contributed by atoms with Crippen LogP contribution in [0.5, 0.6) is 0 Å². The van der Waals surface area contributed by atoms with Crippen LogP contribution in [0.25, 0.3) is 0 Å². The van der Waals surface area contributed by atoms with Crippen LogP contribution in [0.1, 0.15) is 36.4 Å². The number of hydrogen-bond acceptors (Lipinski definition) is 5. The first kappa shape index (κ1) is 18.3. The van der Waals surface area contributed by atoms with E-state index < -0.39 is 0 Å². The number of nitrogens with one attached hydrogen (secondary N) is 1. The number of rotatable bonds is 7. The third-order valence-electron chi connectivity index (χ3n) is 4.26. The summed E-state index contributed by atoms with van der Waals surface area (Å²) in [7, 11) is 0. The van der Waals surface area contributed by atoms with Crippen molar-refractivity contribution in [1.82, 2.24) is 4.98 Å². The number of anilines is 2. The van der Waals surface area contributed by atoms with E-state index in [1.54, 1.807) is 23.1 Å². The molecule has 1 N–H and O–H groups in total. The van der Waals surface area contributed by atoms with Crippen LogP contribution in [0.15, 0.2) is 29.6 Å². The highest BCUT2D eigenvalue weighted by Gasteiger charge is 2.15. The van der Waals surface area contributed by atoms with Crippen molar-refractivity contribution < 1.29 is 4.79 Å². The molecule has 1 amide bonds. The second kappa shape index (κ2) is 9.25. The quantitative estimate of drug-likeness (QED) is 0.712. The predicted molar refractivity (Wildman–Crippen MR) is 109 cm³/mol. The topological polar surface area (TPSA) is 45.2 Å². The van der Waals surface area contributed by atoms with Gasteiger partial charge in [-0.05, 0) is 38.3 Å². The van der Waals surface area contributed by atoms with Gasteiger partial charge in [0.15, 0.2) is 0 Å². The summed E-state index contributed by atoms with van der Waals surface area (Å²) in [5.74, 6) is 1.78. The zero-order valence-corrected chi connectivity index (χ0v) is 16.3. The number of hydrogen-bond donors (Lipinski definition) is 1. The number of amides is 1. The van der Waals surface area contributed by atoms with Gasteiger partial charge in [0.25, 0.3) is 0 Å². The van der Waals surface area contributed by atoms with Gasteiger partial charge in [0, 0.05) is 36.4 Å². The Labute approximate surface area is 158 Å². The van der Waals surface area contributed by atoms with Crippen LogP contribution in [0.2, 0.25) is 0 Å². The molecule has 0 bridgehead atoms. The average molecular weight is 376 g/mol. The van der Waals surface area contributed by atoms with Crippen molar-refractivity contribution in [2.45, 2.75) is 38.4 Å². The minimum atomic E-state index is 0.0893. The Morgan fingerprint density at radius 2 is 2.08 bits per heavy atom. The maximum Gasteiger partial charge on any atom is 0.225 e. The fourth-order valence-electron chi connectivity index (χ4n) is 3.02. The number of nitrogens with zero attached hydrogens (tertiary/aromatic N) is 2. The van der Waals surface area contributed by atoms with Gasteiger partial charge >= 0.3 is 0 Å². The molecule has 1 aromatic carbocycles. The molecule has 3 rings (SSSR count). The number of benzene rings is 1. The van der Waals surface area contributed by atoms with E-state index in [0.717, 1.165) is 46.7 Å². The number of aromatic nitrogens is 1. The Hall–Kier alpha value is -1.53. The van der Waals surface area contributed by atoms with Gasteiger partial charge in [0.2, 0.25) is 5.91 Å². The number of carbonyl (C=O) groups excluding carboxylic acids is 1. The lowest BCUT2D eigenvalue weighted by atomic mass is 10.1. The zero-order chi connectivity index (χ0) is 17.5. The second-order valence-corrected chi connectivity index (χ2v) is 8.44. The van der Waals surface area contributed by atoms with Crippen LogP contribution in [-0.4, -0.2) is 29.7 Å². The Kier molecular flexibility index (Phi) is 6.76. The molecule has 0 spiro atoms. The van der Waals surface area contributed by atoms with Crippen molar-refractivity contribution in [2.75, 3.05) is 29.1 Å². The van der Waals surface area contributed by atoms with Crippen LogP contribution in [0.4, 0.5) is 11.4 Å². The third kappa shape index (κ3) is 5.47. The van der Waals surface area contributed by atoms with Crippen molar-refractivity contribution in [1.29, 1.82) is 0 Å². The molecule has 2 heterocycles. The van der Waals surface area contributed by atoms with Crippen molar-refractivity contribution in [3.05, 3.63) is 40.3 Å². The molecule has 2 aromatic rings. The molecule has 1 fully saturated rings. The molecule has 25 heavy (non-hydrogen) atoms. The summed E-state index contributed by atoms with van der Waals surface area (Å²) in [5, 5.41) is 6.30. The van der Waals surface area contributed by atoms with Crippen LogP contribution >= 0.6 is 23.1 Å². The van der Waals surface area contributed by atoms with Gasteiger partial charge in [-0.25, -0.2) is 4.98 Å².